The van der Waals surface area contributed by atoms with Crippen LogP contribution in [-0.4, -0.2) is 49.9 Å². The molecule has 1 heterocycles. The first-order valence-corrected chi connectivity index (χ1v) is 8.77. The molecule has 2 N–H and O–H groups in total. The van der Waals surface area contributed by atoms with Crippen LogP contribution < -0.4 is 5.73 Å². The second kappa shape index (κ2) is 6.70. The van der Waals surface area contributed by atoms with E-state index in [0.717, 1.165) is 12.8 Å². The Morgan fingerprint density at radius 2 is 2.00 bits per heavy atom. The molecule has 0 aliphatic carbocycles. The standard InChI is InChI=1S/C13H26N2O3S/c1-10(2)8-19(17,18)9-13(16)15-6-4-5-12(7-15)11(3)14/h10-12H,4-9,14H2,1-3H3. The van der Waals surface area contributed by atoms with E-state index in [2.05, 4.69) is 0 Å². The Morgan fingerprint density at radius 1 is 1.37 bits per heavy atom. The van der Waals surface area contributed by atoms with Gasteiger partial charge >= 0.3 is 0 Å². The first-order chi connectivity index (χ1) is 8.71. The molecule has 112 valence electrons. The highest BCUT2D eigenvalue weighted by molar-refractivity contribution is 7.92. The van der Waals surface area contributed by atoms with E-state index in [-0.39, 0.29) is 35.3 Å². The predicted octanol–water partition coefficient (Wildman–Crippen LogP) is 0.643. The van der Waals surface area contributed by atoms with Crippen molar-refractivity contribution >= 4 is 15.7 Å². The second-order valence-corrected chi connectivity index (χ2v) is 8.16. The van der Waals surface area contributed by atoms with Gasteiger partial charge in [-0.25, -0.2) is 8.42 Å². The number of nitrogens with zero attached hydrogens (tertiary/aromatic N) is 1. The molecule has 19 heavy (non-hydrogen) atoms. The number of carbonyl (C=O) groups excluding carboxylic acids is 1. The maximum Gasteiger partial charge on any atom is 0.237 e. The molecule has 5 nitrogen and oxygen atoms in total. The average molecular weight is 290 g/mol. The highest BCUT2D eigenvalue weighted by Gasteiger charge is 2.28. The molecule has 0 spiro atoms. The number of hydrogen-bond donors (Lipinski definition) is 1. The van der Waals surface area contributed by atoms with Crippen LogP contribution in [0.5, 0.6) is 0 Å². The molecule has 1 amide bonds. The van der Waals surface area contributed by atoms with E-state index >= 15 is 0 Å². The summed E-state index contributed by atoms with van der Waals surface area (Å²) in [6, 6.07) is 0.0443. The molecule has 1 rings (SSSR count). The SMILES string of the molecule is CC(C)CS(=O)(=O)CC(=O)N1CCCC(C(C)N)C1. The molecule has 0 aromatic carbocycles. The van der Waals surface area contributed by atoms with Crippen LogP contribution in [0.25, 0.3) is 0 Å². The molecule has 0 bridgehead atoms. The minimum Gasteiger partial charge on any atom is -0.341 e. The maximum atomic E-state index is 12.1. The molecule has 2 unspecified atom stereocenters. The van der Waals surface area contributed by atoms with Gasteiger partial charge in [-0.2, -0.15) is 0 Å². The van der Waals surface area contributed by atoms with Crippen molar-refractivity contribution in [1.29, 1.82) is 0 Å². The number of rotatable bonds is 5. The van der Waals surface area contributed by atoms with Gasteiger partial charge in [0.05, 0.1) is 5.75 Å². The normalized spacial score (nSPS) is 22.6. The summed E-state index contributed by atoms with van der Waals surface area (Å²) >= 11 is 0. The van der Waals surface area contributed by atoms with Crippen molar-refractivity contribution in [1.82, 2.24) is 4.90 Å². The second-order valence-electron chi connectivity index (χ2n) is 6.05. The quantitative estimate of drug-likeness (QED) is 0.806. The topological polar surface area (TPSA) is 80.5 Å². The summed E-state index contributed by atoms with van der Waals surface area (Å²) in [6.07, 6.45) is 1.92. The van der Waals surface area contributed by atoms with Gasteiger partial charge in [0.25, 0.3) is 0 Å². The lowest BCUT2D eigenvalue weighted by Crippen LogP contribution is -2.47. The number of hydrogen-bond acceptors (Lipinski definition) is 4. The number of carbonyl (C=O) groups is 1. The molecule has 0 saturated carbocycles. The molecule has 1 fully saturated rings. The van der Waals surface area contributed by atoms with Gasteiger partial charge in [-0.15, -0.1) is 0 Å². The molecular formula is C13H26N2O3S. The Morgan fingerprint density at radius 3 is 2.53 bits per heavy atom. The summed E-state index contributed by atoms with van der Waals surface area (Å²) < 4.78 is 23.7. The first kappa shape index (κ1) is 16.4. The van der Waals surface area contributed by atoms with Crippen LogP contribution in [0.4, 0.5) is 0 Å². The van der Waals surface area contributed by atoms with Crippen LogP contribution >= 0.6 is 0 Å². The number of amides is 1. The Hall–Kier alpha value is -0.620. The van der Waals surface area contributed by atoms with Gasteiger partial charge in [0, 0.05) is 19.1 Å². The Labute approximate surface area is 116 Å². The summed E-state index contributed by atoms with van der Waals surface area (Å²) in [5.74, 6) is -0.229. The number of nitrogens with two attached hydrogens (primary N) is 1. The largest absolute Gasteiger partial charge is 0.341 e. The lowest BCUT2D eigenvalue weighted by atomic mass is 9.92. The zero-order valence-corrected chi connectivity index (χ0v) is 12.9. The van der Waals surface area contributed by atoms with E-state index in [1.807, 2.05) is 20.8 Å². The smallest absolute Gasteiger partial charge is 0.237 e. The van der Waals surface area contributed by atoms with Crippen LogP contribution in [-0.2, 0) is 14.6 Å². The fraction of sp³-hybridized carbons (Fsp3) is 0.923. The zero-order chi connectivity index (χ0) is 14.6. The van der Waals surface area contributed by atoms with Gasteiger partial charge in [0.1, 0.15) is 5.75 Å². The van der Waals surface area contributed by atoms with Gasteiger partial charge in [-0.3, -0.25) is 4.79 Å². The predicted molar refractivity (Wildman–Crippen MR) is 76.4 cm³/mol. The number of piperidine rings is 1. The summed E-state index contributed by atoms with van der Waals surface area (Å²) in [6.45, 7) is 6.87. The Balaban J connectivity index is 2.58. The minimum atomic E-state index is -3.29. The summed E-state index contributed by atoms with van der Waals surface area (Å²) in [5.41, 5.74) is 5.87. The van der Waals surface area contributed by atoms with Crippen molar-refractivity contribution in [2.24, 2.45) is 17.6 Å². The van der Waals surface area contributed by atoms with Crippen LogP contribution in [0.2, 0.25) is 0 Å². The summed E-state index contributed by atoms with van der Waals surface area (Å²) in [4.78, 5) is 13.7. The van der Waals surface area contributed by atoms with E-state index in [1.165, 1.54) is 0 Å². The van der Waals surface area contributed by atoms with Gasteiger partial charge in [-0.05, 0) is 31.6 Å². The van der Waals surface area contributed by atoms with E-state index < -0.39 is 9.84 Å². The lowest BCUT2D eigenvalue weighted by molar-refractivity contribution is -0.130. The zero-order valence-electron chi connectivity index (χ0n) is 12.1. The maximum absolute atomic E-state index is 12.1. The molecule has 0 aromatic rings. The van der Waals surface area contributed by atoms with Gasteiger partial charge in [0.15, 0.2) is 9.84 Å². The molecule has 2 atom stereocenters. The molecule has 1 aliphatic heterocycles. The third kappa shape index (κ3) is 5.48. The van der Waals surface area contributed by atoms with Crippen molar-refractivity contribution in [3.05, 3.63) is 0 Å². The number of sulfone groups is 1. The molecule has 1 aliphatic rings. The van der Waals surface area contributed by atoms with E-state index in [1.54, 1.807) is 4.90 Å². The van der Waals surface area contributed by atoms with Crippen molar-refractivity contribution in [2.45, 2.75) is 39.7 Å². The fourth-order valence-electron chi connectivity index (χ4n) is 2.51. The van der Waals surface area contributed by atoms with Gasteiger partial charge in [-0.1, -0.05) is 13.8 Å². The van der Waals surface area contributed by atoms with Crippen LogP contribution in [0, 0.1) is 11.8 Å². The molecule has 1 saturated heterocycles. The summed E-state index contributed by atoms with van der Waals surface area (Å²) in [7, 11) is -3.29. The summed E-state index contributed by atoms with van der Waals surface area (Å²) in [5, 5.41) is 0. The molecule has 6 heteroatoms. The van der Waals surface area contributed by atoms with Crippen molar-refractivity contribution < 1.29 is 13.2 Å². The minimum absolute atomic E-state index is 0.0443. The van der Waals surface area contributed by atoms with Crippen molar-refractivity contribution in [3.63, 3.8) is 0 Å². The first-order valence-electron chi connectivity index (χ1n) is 6.95. The molecular weight excluding hydrogens is 264 g/mol. The molecule has 0 radical (unpaired) electrons. The lowest BCUT2D eigenvalue weighted by Gasteiger charge is -2.34. The third-order valence-electron chi connectivity index (χ3n) is 3.48. The molecule has 0 aromatic heterocycles. The van der Waals surface area contributed by atoms with Crippen molar-refractivity contribution in [2.75, 3.05) is 24.6 Å². The van der Waals surface area contributed by atoms with Crippen LogP contribution in [0.3, 0.4) is 0 Å². The number of likely N-dealkylation sites (tertiary alicyclic amines) is 1. The van der Waals surface area contributed by atoms with E-state index in [0.29, 0.717) is 13.1 Å². The van der Waals surface area contributed by atoms with E-state index in [4.69, 9.17) is 5.73 Å². The van der Waals surface area contributed by atoms with Crippen molar-refractivity contribution in [3.8, 4) is 0 Å². The Bertz CT molecular complexity index is 404. The monoisotopic (exact) mass is 290 g/mol. The highest BCUT2D eigenvalue weighted by Crippen LogP contribution is 2.19. The van der Waals surface area contributed by atoms with E-state index in [9.17, 15) is 13.2 Å². The van der Waals surface area contributed by atoms with Crippen LogP contribution in [0.15, 0.2) is 0 Å². The third-order valence-corrected chi connectivity index (χ3v) is 5.35. The van der Waals surface area contributed by atoms with Crippen LogP contribution in [0.1, 0.15) is 33.6 Å². The van der Waals surface area contributed by atoms with Gasteiger partial charge in [0.2, 0.25) is 5.91 Å². The Kier molecular flexibility index (Phi) is 5.80. The fourth-order valence-corrected chi connectivity index (χ4v) is 4.20. The highest BCUT2D eigenvalue weighted by atomic mass is 32.2. The average Bonchev–Trinajstić information content (AvgIpc) is 2.26. The van der Waals surface area contributed by atoms with Gasteiger partial charge < -0.3 is 10.6 Å².